The van der Waals surface area contributed by atoms with Crippen LogP contribution in [0.15, 0.2) is 82.8 Å². The molecule has 0 bridgehead atoms. The highest BCUT2D eigenvalue weighted by Crippen LogP contribution is 2.33. The molecule has 1 N–H and O–H groups in total. The number of rotatable bonds is 10. The lowest BCUT2D eigenvalue weighted by Crippen LogP contribution is -2.39. The van der Waals surface area contributed by atoms with Gasteiger partial charge in [-0.05, 0) is 54.4 Å². The van der Waals surface area contributed by atoms with Crippen molar-refractivity contribution in [3.05, 3.63) is 83.9 Å². The number of methoxy groups -OCH3 is 1. The van der Waals surface area contributed by atoms with Crippen LogP contribution >= 0.6 is 11.8 Å². The maximum atomic E-state index is 13.5. The molecule has 1 saturated heterocycles. The zero-order valence-corrected chi connectivity index (χ0v) is 21.6. The SMILES string of the molecule is COc1ccc(C)cc1N(CC(=O)N/N=C\c1cccc(OC2CSC2)c1)S(=O)(=O)c1ccccc1. The Balaban J connectivity index is 1.53. The Morgan fingerprint density at radius 2 is 1.89 bits per heavy atom. The Labute approximate surface area is 215 Å². The molecule has 0 spiro atoms. The Kier molecular flexibility index (Phi) is 8.17. The van der Waals surface area contributed by atoms with Crippen LogP contribution < -0.4 is 19.2 Å². The molecular formula is C26H27N3O5S2. The van der Waals surface area contributed by atoms with Crippen molar-refractivity contribution < 1.29 is 22.7 Å². The van der Waals surface area contributed by atoms with Crippen LogP contribution in [0.5, 0.6) is 11.5 Å². The van der Waals surface area contributed by atoms with Crippen molar-refractivity contribution in [2.24, 2.45) is 5.10 Å². The predicted octanol–water partition coefficient (Wildman–Crippen LogP) is 3.84. The van der Waals surface area contributed by atoms with Crippen LogP contribution in [0.1, 0.15) is 11.1 Å². The molecule has 1 amide bonds. The first-order valence-corrected chi connectivity index (χ1v) is 13.8. The van der Waals surface area contributed by atoms with Crippen molar-refractivity contribution in [1.29, 1.82) is 0 Å². The molecule has 188 valence electrons. The van der Waals surface area contributed by atoms with E-state index in [1.807, 2.05) is 49.0 Å². The summed E-state index contributed by atoms with van der Waals surface area (Å²) in [6.45, 7) is 1.35. The second-order valence-corrected chi connectivity index (χ2v) is 11.1. The summed E-state index contributed by atoms with van der Waals surface area (Å²) in [5.74, 6) is 2.42. The molecule has 1 aliphatic rings. The van der Waals surface area contributed by atoms with Gasteiger partial charge >= 0.3 is 0 Å². The van der Waals surface area contributed by atoms with Crippen LogP contribution in [0.2, 0.25) is 0 Å². The molecule has 3 aromatic rings. The zero-order chi connectivity index (χ0) is 25.5. The number of nitrogens with zero attached hydrogens (tertiary/aromatic N) is 2. The average molecular weight is 526 g/mol. The minimum atomic E-state index is -4.07. The molecule has 0 saturated carbocycles. The topological polar surface area (TPSA) is 97.3 Å². The van der Waals surface area contributed by atoms with Gasteiger partial charge in [-0.25, -0.2) is 13.8 Å². The standard InChI is InChI=1S/C26H27N3O5S2/c1-19-11-12-25(33-2)24(13-19)29(36(31,32)23-9-4-3-5-10-23)16-26(30)28-27-15-20-7-6-8-21(14-20)34-22-17-35-18-22/h3-15,22H,16-18H2,1-2H3,(H,28,30)/b27-15-. The van der Waals surface area contributed by atoms with Crippen LogP contribution in [0.25, 0.3) is 0 Å². The van der Waals surface area contributed by atoms with E-state index in [-0.39, 0.29) is 16.7 Å². The summed E-state index contributed by atoms with van der Waals surface area (Å²) in [5.41, 5.74) is 4.26. The van der Waals surface area contributed by atoms with Gasteiger partial charge in [0.2, 0.25) is 0 Å². The van der Waals surface area contributed by atoms with Crippen LogP contribution in [-0.4, -0.2) is 51.8 Å². The summed E-state index contributed by atoms with van der Waals surface area (Å²) in [4.78, 5) is 12.9. The van der Waals surface area contributed by atoms with Gasteiger partial charge in [0.05, 0.1) is 23.9 Å². The van der Waals surface area contributed by atoms with Crippen molar-refractivity contribution in [3.63, 3.8) is 0 Å². The number of amides is 1. The lowest BCUT2D eigenvalue weighted by molar-refractivity contribution is -0.119. The van der Waals surface area contributed by atoms with Crippen molar-refractivity contribution in [1.82, 2.24) is 5.43 Å². The fourth-order valence-corrected chi connectivity index (χ4v) is 5.51. The predicted molar refractivity (Wildman–Crippen MR) is 143 cm³/mol. The number of aryl methyl sites for hydroxylation is 1. The molecule has 10 heteroatoms. The molecule has 0 atom stereocenters. The molecule has 36 heavy (non-hydrogen) atoms. The van der Waals surface area contributed by atoms with Crippen LogP contribution in [0.4, 0.5) is 5.69 Å². The first kappa shape index (κ1) is 25.6. The van der Waals surface area contributed by atoms with E-state index in [9.17, 15) is 13.2 Å². The second kappa shape index (κ2) is 11.5. The smallest absolute Gasteiger partial charge is 0.264 e. The minimum absolute atomic E-state index is 0.0616. The molecular weight excluding hydrogens is 498 g/mol. The van der Waals surface area contributed by atoms with Gasteiger partial charge in [0.15, 0.2) is 0 Å². The highest BCUT2D eigenvalue weighted by molar-refractivity contribution is 8.00. The third kappa shape index (κ3) is 6.19. The molecule has 3 aromatic carbocycles. The number of ether oxygens (including phenoxy) is 2. The van der Waals surface area contributed by atoms with Gasteiger partial charge in [-0.3, -0.25) is 9.10 Å². The molecule has 0 aromatic heterocycles. The van der Waals surface area contributed by atoms with Gasteiger partial charge in [0, 0.05) is 11.5 Å². The van der Waals surface area contributed by atoms with E-state index in [0.717, 1.165) is 32.7 Å². The fourth-order valence-electron chi connectivity index (χ4n) is 3.50. The van der Waals surface area contributed by atoms with Crippen LogP contribution in [0.3, 0.4) is 0 Å². The van der Waals surface area contributed by atoms with E-state index >= 15 is 0 Å². The van der Waals surface area contributed by atoms with Gasteiger partial charge in [-0.1, -0.05) is 36.4 Å². The number of thioether (sulfide) groups is 1. The van der Waals surface area contributed by atoms with Crippen molar-refractivity contribution >= 4 is 39.6 Å². The number of anilines is 1. The Morgan fingerprint density at radius 1 is 1.11 bits per heavy atom. The monoisotopic (exact) mass is 525 g/mol. The van der Waals surface area contributed by atoms with E-state index in [1.54, 1.807) is 30.3 Å². The summed E-state index contributed by atoms with van der Waals surface area (Å²) in [6.07, 6.45) is 1.71. The van der Waals surface area contributed by atoms with Gasteiger partial charge in [-0.2, -0.15) is 16.9 Å². The normalized spacial score (nSPS) is 13.7. The molecule has 4 rings (SSSR count). The van der Waals surface area contributed by atoms with Gasteiger partial charge in [0.25, 0.3) is 15.9 Å². The summed E-state index contributed by atoms with van der Waals surface area (Å²) >= 11 is 1.84. The number of carbonyl (C=O) groups excluding carboxylic acids is 1. The minimum Gasteiger partial charge on any atom is -0.495 e. The number of hydrogen-bond acceptors (Lipinski definition) is 7. The lowest BCUT2D eigenvalue weighted by Gasteiger charge is -2.26. The summed E-state index contributed by atoms with van der Waals surface area (Å²) < 4.78 is 39.4. The van der Waals surface area contributed by atoms with E-state index in [2.05, 4.69) is 10.5 Å². The van der Waals surface area contributed by atoms with E-state index in [4.69, 9.17) is 9.47 Å². The number of nitrogens with one attached hydrogen (secondary N) is 1. The summed E-state index contributed by atoms with van der Waals surface area (Å²) in [5, 5.41) is 4.02. The Hall–Kier alpha value is -3.50. The summed E-state index contributed by atoms with van der Waals surface area (Å²) in [6, 6.07) is 20.5. The van der Waals surface area contributed by atoms with E-state index in [1.165, 1.54) is 25.5 Å². The highest BCUT2D eigenvalue weighted by Gasteiger charge is 2.29. The average Bonchev–Trinajstić information content (AvgIpc) is 2.85. The first-order chi connectivity index (χ1) is 17.4. The van der Waals surface area contributed by atoms with E-state index < -0.39 is 22.5 Å². The van der Waals surface area contributed by atoms with Crippen molar-refractivity contribution in [3.8, 4) is 11.5 Å². The molecule has 0 radical (unpaired) electrons. The largest absolute Gasteiger partial charge is 0.495 e. The fraction of sp³-hybridized carbons (Fsp3) is 0.231. The number of benzene rings is 3. The quantitative estimate of drug-likeness (QED) is 0.319. The molecule has 1 fully saturated rings. The molecule has 8 nitrogen and oxygen atoms in total. The number of hydrazone groups is 1. The highest BCUT2D eigenvalue weighted by atomic mass is 32.2. The molecule has 0 unspecified atom stereocenters. The van der Waals surface area contributed by atoms with Crippen LogP contribution in [-0.2, 0) is 14.8 Å². The van der Waals surface area contributed by atoms with Crippen molar-refractivity contribution in [2.75, 3.05) is 29.5 Å². The molecule has 1 heterocycles. The Morgan fingerprint density at radius 3 is 2.58 bits per heavy atom. The summed E-state index contributed by atoms with van der Waals surface area (Å²) in [7, 11) is -2.62. The van der Waals surface area contributed by atoms with Crippen LogP contribution in [0, 0.1) is 6.92 Å². The Bertz CT molecular complexity index is 1340. The van der Waals surface area contributed by atoms with Gasteiger partial charge < -0.3 is 9.47 Å². The maximum Gasteiger partial charge on any atom is 0.264 e. The van der Waals surface area contributed by atoms with Crippen molar-refractivity contribution in [2.45, 2.75) is 17.9 Å². The first-order valence-electron chi connectivity index (χ1n) is 11.3. The molecule has 1 aliphatic heterocycles. The van der Waals surface area contributed by atoms with Gasteiger partial charge in [-0.15, -0.1) is 0 Å². The second-order valence-electron chi connectivity index (χ2n) is 8.14. The third-order valence-corrected chi connectivity index (χ3v) is 8.38. The lowest BCUT2D eigenvalue weighted by atomic mass is 10.2. The number of carbonyl (C=O) groups is 1. The zero-order valence-electron chi connectivity index (χ0n) is 20.0. The van der Waals surface area contributed by atoms with Gasteiger partial charge in [0.1, 0.15) is 24.1 Å². The number of hydrogen-bond donors (Lipinski definition) is 1. The van der Waals surface area contributed by atoms with E-state index in [0.29, 0.717) is 5.75 Å². The maximum absolute atomic E-state index is 13.5. The number of sulfonamides is 1. The molecule has 0 aliphatic carbocycles. The third-order valence-electron chi connectivity index (χ3n) is 5.39.